The largest absolute Gasteiger partial charge is 0.316 e. The van der Waals surface area contributed by atoms with E-state index in [0.29, 0.717) is 5.41 Å². The predicted molar refractivity (Wildman–Crippen MR) is 51.2 cm³/mol. The Morgan fingerprint density at radius 3 is 2.83 bits per heavy atom. The van der Waals surface area contributed by atoms with Gasteiger partial charge in [0.15, 0.2) is 0 Å². The molecule has 2 fully saturated rings. The number of fused-ring (bicyclic) bond motifs is 1. The third-order valence-corrected chi connectivity index (χ3v) is 3.65. The van der Waals surface area contributed by atoms with Gasteiger partial charge < -0.3 is 5.32 Å². The Labute approximate surface area is 75.3 Å². The highest BCUT2D eigenvalue weighted by molar-refractivity contribution is 5.00. The first-order valence-electron chi connectivity index (χ1n) is 5.06. The van der Waals surface area contributed by atoms with Crippen LogP contribution in [-0.2, 0) is 0 Å². The Bertz CT molecular complexity index is 179. The molecular weight excluding hydrogens is 148 g/mol. The van der Waals surface area contributed by atoms with Gasteiger partial charge in [0.1, 0.15) is 0 Å². The van der Waals surface area contributed by atoms with Crippen LogP contribution < -0.4 is 5.32 Å². The summed E-state index contributed by atoms with van der Waals surface area (Å²) in [6.07, 6.45) is 0. The predicted octanol–water partition coefficient (Wildman–Crippen LogP) is 0.936. The van der Waals surface area contributed by atoms with E-state index in [0.717, 1.165) is 12.0 Å². The minimum absolute atomic E-state index is 0.574. The van der Waals surface area contributed by atoms with E-state index in [4.69, 9.17) is 0 Å². The molecule has 2 nitrogen and oxygen atoms in total. The second-order valence-electron chi connectivity index (χ2n) is 5.01. The molecule has 0 saturated carbocycles. The van der Waals surface area contributed by atoms with Crippen molar-refractivity contribution in [2.24, 2.45) is 11.3 Å². The van der Waals surface area contributed by atoms with Crippen LogP contribution in [0.5, 0.6) is 0 Å². The van der Waals surface area contributed by atoms with E-state index in [1.165, 1.54) is 26.2 Å². The summed E-state index contributed by atoms with van der Waals surface area (Å²) in [6, 6.07) is 0.729. The highest BCUT2D eigenvalue weighted by Gasteiger charge is 2.46. The van der Waals surface area contributed by atoms with Crippen LogP contribution in [0, 0.1) is 11.3 Å². The van der Waals surface area contributed by atoms with E-state index in [-0.39, 0.29) is 0 Å². The highest BCUT2D eigenvalue weighted by Crippen LogP contribution is 2.38. The number of likely N-dealkylation sites (tertiary alicyclic amines) is 1. The average Bonchev–Trinajstić information content (AvgIpc) is 2.41. The summed E-state index contributed by atoms with van der Waals surface area (Å²) < 4.78 is 0. The second-order valence-corrected chi connectivity index (χ2v) is 5.01. The molecule has 12 heavy (non-hydrogen) atoms. The molecule has 1 N–H and O–H groups in total. The summed E-state index contributed by atoms with van der Waals surface area (Å²) in [5.41, 5.74) is 0.574. The molecule has 2 aliphatic heterocycles. The quantitative estimate of drug-likeness (QED) is 0.627. The molecule has 2 heterocycles. The first-order valence-corrected chi connectivity index (χ1v) is 5.06. The molecule has 2 saturated heterocycles. The minimum Gasteiger partial charge on any atom is -0.316 e. The molecule has 0 aliphatic carbocycles. The zero-order valence-corrected chi connectivity index (χ0v) is 8.43. The van der Waals surface area contributed by atoms with Crippen molar-refractivity contribution in [1.29, 1.82) is 0 Å². The van der Waals surface area contributed by atoms with Crippen molar-refractivity contribution in [3.05, 3.63) is 0 Å². The summed E-state index contributed by atoms with van der Waals surface area (Å²) in [5, 5.41) is 3.50. The lowest BCUT2D eigenvalue weighted by Gasteiger charge is -2.24. The summed E-state index contributed by atoms with van der Waals surface area (Å²) in [6.45, 7) is 12.1. The minimum atomic E-state index is 0.574. The van der Waals surface area contributed by atoms with Crippen LogP contribution in [0.15, 0.2) is 0 Å². The van der Waals surface area contributed by atoms with E-state index >= 15 is 0 Å². The van der Waals surface area contributed by atoms with Crippen molar-refractivity contribution >= 4 is 0 Å². The third-order valence-electron chi connectivity index (χ3n) is 3.65. The van der Waals surface area contributed by atoms with Crippen LogP contribution in [0.1, 0.15) is 20.8 Å². The second kappa shape index (κ2) is 2.71. The Balaban J connectivity index is 2.06. The van der Waals surface area contributed by atoms with Crippen molar-refractivity contribution in [2.75, 3.05) is 26.2 Å². The van der Waals surface area contributed by atoms with Crippen LogP contribution in [0.3, 0.4) is 0 Å². The van der Waals surface area contributed by atoms with Gasteiger partial charge in [-0.15, -0.1) is 0 Å². The molecular formula is C10H20N2. The SMILES string of the molecule is CC(C)N1C[C@@H]2CNC[C@@]2(C)C1. The standard InChI is InChI=1S/C10H20N2/c1-8(2)12-5-9-4-11-6-10(9,3)7-12/h8-9,11H,4-7H2,1-3H3/t9-,10-/m0/s1. The lowest BCUT2D eigenvalue weighted by Crippen LogP contribution is -2.34. The van der Waals surface area contributed by atoms with E-state index < -0.39 is 0 Å². The maximum Gasteiger partial charge on any atom is 0.00539 e. The summed E-state index contributed by atoms with van der Waals surface area (Å²) in [5.74, 6) is 0.903. The van der Waals surface area contributed by atoms with Crippen molar-refractivity contribution in [1.82, 2.24) is 10.2 Å². The molecule has 0 aromatic rings. The van der Waals surface area contributed by atoms with Gasteiger partial charge in [-0.1, -0.05) is 6.92 Å². The molecule has 0 spiro atoms. The number of hydrogen-bond donors (Lipinski definition) is 1. The summed E-state index contributed by atoms with van der Waals surface area (Å²) >= 11 is 0. The van der Waals surface area contributed by atoms with Crippen LogP contribution in [0.4, 0.5) is 0 Å². The Morgan fingerprint density at radius 1 is 1.50 bits per heavy atom. The summed E-state index contributed by atoms with van der Waals surface area (Å²) in [7, 11) is 0. The van der Waals surface area contributed by atoms with Gasteiger partial charge in [0.25, 0.3) is 0 Å². The molecule has 2 aliphatic rings. The van der Waals surface area contributed by atoms with Gasteiger partial charge in [-0.3, -0.25) is 4.90 Å². The lowest BCUT2D eigenvalue weighted by molar-refractivity contribution is 0.235. The molecule has 0 radical (unpaired) electrons. The molecule has 0 aromatic heterocycles. The maximum absolute atomic E-state index is 3.50. The van der Waals surface area contributed by atoms with Crippen LogP contribution >= 0.6 is 0 Å². The highest BCUT2D eigenvalue weighted by atomic mass is 15.2. The molecule has 0 unspecified atom stereocenters. The Morgan fingerprint density at radius 2 is 2.25 bits per heavy atom. The fourth-order valence-corrected chi connectivity index (χ4v) is 2.60. The van der Waals surface area contributed by atoms with Crippen LogP contribution in [0.2, 0.25) is 0 Å². The zero-order chi connectivity index (χ0) is 8.77. The topological polar surface area (TPSA) is 15.3 Å². The Kier molecular flexibility index (Phi) is 1.92. The lowest BCUT2D eigenvalue weighted by atomic mass is 9.83. The van der Waals surface area contributed by atoms with Gasteiger partial charge in [0.2, 0.25) is 0 Å². The van der Waals surface area contributed by atoms with Crippen molar-refractivity contribution < 1.29 is 0 Å². The number of hydrogen-bond acceptors (Lipinski definition) is 2. The van der Waals surface area contributed by atoms with Crippen molar-refractivity contribution in [3.8, 4) is 0 Å². The van der Waals surface area contributed by atoms with Crippen LogP contribution in [-0.4, -0.2) is 37.1 Å². The molecule has 0 amide bonds. The molecule has 70 valence electrons. The first kappa shape index (κ1) is 8.52. The molecule has 2 atom stereocenters. The normalized spacial score (nSPS) is 42.5. The van der Waals surface area contributed by atoms with Gasteiger partial charge in [0.05, 0.1) is 0 Å². The van der Waals surface area contributed by atoms with Crippen molar-refractivity contribution in [3.63, 3.8) is 0 Å². The fraction of sp³-hybridized carbons (Fsp3) is 1.00. The zero-order valence-electron chi connectivity index (χ0n) is 8.43. The fourth-order valence-electron chi connectivity index (χ4n) is 2.60. The summed E-state index contributed by atoms with van der Waals surface area (Å²) in [4.78, 5) is 2.62. The maximum atomic E-state index is 3.50. The van der Waals surface area contributed by atoms with E-state index in [1.807, 2.05) is 0 Å². The molecule has 2 heteroatoms. The van der Waals surface area contributed by atoms with E-state index in [9.17, 15) is 0 Å². The van der Waals surface area contributed by atoms with Gasteiger partial charge in [-0.05, 0) is 31.7 Å². The van der Waals surface area contributed by atoms with Crippen molar-refractivity contribution in [2.45, 2.75) is 26.8 Å². The smallest absolute Gasteiger partial charge is 0.00539 e. The van der Waals surface area contributed by atoms with Gasteiger partial charge >= 0.3 is 0 Å². The van der Waals surface area contributed by atoms with Crippen LogP contribution in [0.25, 0.3) is 0 Å². The van der Waals surface area contributed by atoms with Gasteiger partial charge in [-0.2, -0.15) is 0 Å². The van der Waals surface area contributed by atoms with E-state index in [1.54, 1.807) is 0 Å². The number of nitrogens with one attached hydrogen (secondary N) is 1. The molecule has 2 rings (SSSR count). The monoisotopic (exact) mass is 168 g/mol. The molecule has 0 aromatic carbocycles. The number of rotatable bonds is 1. The Hall–Kier alpha value is -0.0800. The number of nitrogens with zero attached hydrogens (tertiary/aromatic N) is 1. The molecule has 0 bridgehead atoms. The third kappa shape index (κ3) is 1.17. The van der Waals surface area contributed by atoms with E-state index in [2.05, 4.69) is 31.0 Å². The first-order chi connectivity index (χ1) is 5.62. The van der Waals surface area contributed by atoms with Gasteiger partial charge in [-0.25, -0.2) is 0 Å². The van der Waals surface area contributed by atoms with Gasteiger partial charge in [0, 0.05) is 25.7 Å². The average molecular weight is 168 g/mol.